The lowest BCUT2D eigenvalue weighted by molar-refractivity contribution is 0.0615. The molecule has 5 heteroatoms. The highest BCUT2D eigenvalue weighted by molar-refractivity contribution is 6.22. The molecule has 0 aromatic heterocycles. The maximum atomic E-state index is 12.4. The summed E-state index contributed by atoms with van der Waals surface area (Å²) in [5.74, 6) is -1.75. The molecular weight excluding hydrogens is 270 g/mol. The van der Waals surface area contributed by atoms with E-state index in [0.717, 1.165) is 25.7 Å². The van der Waals surface area contributed by atoms with E-state index in [2.05, 4.69) is 6.92 Å². The molecule has 1 N–H and O–H groups in total. The Morgan fingerprint density at radius 3 is 2.48 bits per heavy atom. The van der Waals surface area contributed by atoms with Gasteiger partial charge in [-0.15, -0.1) is 0 Å². The summed E-state index contributed by atoms with van der Waals surface area (Å²) in [4.78, 5) is 37.0. The number of benzene rings is 1. The van der Waals surface area contributed by atoms with Crippen LogP contribution in [0.5, 0.6) is 0 Å². The molecule has 5 nitrogen and oxygen atoms in total. The van der Waals surface area contributed by atoms with Crippen LogP contribution in [-0.4, -0.2) is 34.3 Å². The van der Waals surface area contributed by atoms with Crippen LogP contribution in [0.25, 0.3) is 0 Å². The molecule has 1 fully saturated rings. The van der Waals surface area contributed by atoms with Gasteiger partial charge >= 0.3 is 5.97 Å². The molecule has 2 aliphatic rings. The van der Waals surface area contributed by atoms with Gasteiger partial charge in [-0.3, -0.25) is 14.5 Å². The highest BCUT2D eigenvalue weighted by Gasteiger charge is 2.47. The normalized spacial score (nSPS) is 18.8. The molecule has 0 saturated heterocycles. The van der Waals surface area contributed by atoms with Gasteiger partial charge in [-0.05, 0) is 42.9 Å². The molecule has 1 saturated carbocycles. The van der Waals surface area contributed by atoms with Crippen LogP contribution in [0.15, 0.2) is 18.2 Å². The van der Waals surface area contributed by atoms with Gasteiger partial charge in [0.2, 0.25) is 0 Å². The highest BCUT2D eigenvalue weighted by Crippen LogP contribution is 2.50. The molecule has 0 radical (unpaired) electrons. The second kappa shape index (κ2) is 4.69. The van der Waals surface area contributed by atoms with E-state index in [4.69, 9.17) is 5.11 Å². The van der Waals surface area contributed by atoms with Gasteiger partial charge in [-0.1, -0.05) is 13.3 Å². The second-order valence-corrected chi connectivity index (χ2v) is 6.01. The molecule has 1 aromatic carbocycles. The molecule has 0 unspecified atom stereocenters. The van der Waals surface area contributed by atoms with Gasteiger partial charge in [0, 0.05) is 6.54 Å². The summed E-state index contributed by atoms with van der Waals surface area (Å²) in [5, 5.41) is 8.99. The van der Waals surface area contributed by atoms with E-state index >= 15 is 0 Å². The number of hydrogen-bond acceptors (Lipinski definition) is 3. The van der Waals surface area contributed by atoms with Crippen molar-refractivity contribution in [2.45, 2.75) is 32.6 Å². The van der Waals surface area contributed by atoms with Gasteiger partial charge in [0.15, 0.2) is 0 Å². The average Bonchev–Trinajstić information content (AvgIpc) is 3.18. The fraction of sp³-hybridized carbons (Fsp3) is 0.438. The molecule has 1 aromatic rings. The summed E-state index contributed by atoms with van der Waals surface area (Å²) in [6, 6.07) is 4.12. The van der Waals surface area contributed by atoms with E-state index in [1.54, 1.807) is 0 Å². The molecule has 110 valence electrons. The SMILES string of the molecule is CCCC1(CN2C(=O)c3ccc(C(=O)O)cc3C2=O)CC1. The number of nitrogens with zero attached hydrogens (tertiary/aromatic N) is 1. The van der Waals surface area contributed by atoms with Gasteiger partial charge in [0.25, 0.3) is 11.8 Å². The zero-order chi connectivity index (χ0) is 15.2. The van der Waals surface area contributed by atoms with Crippen molar-refractivity contribution in [3.8, 4) is 0 Å². The predicted octanol–water partition coefficient (Wildman–Crippen LogP) is 2.56. The Morgan fingerprint density at radius 2 is 1.90 bits per heavy atom. The first-order valence-electron chi connectivity index (χ1n) is 7.21. The van der Waals surface area contributed by atoms with Crippen LogP contribution in [0.2, 0.25) is 0 Å². The summed E-state index contributed by atoms with van der Waals surface area (Å²) in [7, 11) is 0. The van der Waals surface area contributed by atoms with Gasteiger partial charge in [-0.2, -0.15) is 0 Å². The quantitative estimate of drug-likeness (QED) is 0.844. The number of carbonyl (C=O) groups excluding carboxylic acids is 2. The van der Waals surface area contributed by atoms with E-state index in [1.807, 2.05) is 0 Å². The number of hydrogen-bond donors (Lipinski definition) is 1. The van der Waals surface area contributed by atoms with Crippen LogP contribution in [0.4, 0.5) is 0 Å². The van der Waals surface area contributed by atoms with Crippen molar-refractivity contribution in [1.29, 1.82) is 0 Å². The van der Waals surface area contributed by atoms with Gasteiger partial charge in [0.05, 0.1) is 16.7 Å². The number of carbonyl (C=O) groups is 3. The van der Waals surface area contributed by atoms with Crippen molar-refractivity contribution in [3.63, 3.8) is 0 Å². The van der Waals surface area contributed by atoms with Gasteiger partial charge < -0.3 is 5.11 Å². The van der Waals surface area contributed by atoms with Crippen molar-refractivity contribution in [1.82, 2.24) is 4.90 Å². The van der Waals surface area contributed by atoms with E-state index in [9.17, 15) is 14.4 Å². The third-order valence-electron chi connectivity index (χ3n) is 4.45. The highest BCUT2D eigenvalue weighted by atomic mass is 16.4. The fourth-order valence-corrected chi connectivity index (χ4v) is 3.10. The Bertz CT molecular complexity index is 646. The standard InChI is InChI=1S/C16H17NO4/c1-2-5-16(6-7-16)9-17-13(18)11-4-3-10(15(20)21)8-12(11)14(17)19/h3-4,8H,2,5-7,9H2,1H3,(H,20,21). The summed E-state index contributed by atoms with van der Waals surface area (Å²) in [6.07, 6.45) is 4.15. The third kappa shape index (κ3) is 2.22. The molecule has 21 heavy (non-hydrogen) atoms. The van der Waals surface area contributed by atoms with E-state index in [0.29, 0.717) is 12.1 Å². The van der Waals surface area contributed by atoms with Crippen LogP contribution >= 0.6 is 0 Å². The molecule has 3 rings (SSSR count). The minimum atomic E-state index is -1.10. The lowest BCUT2D eigenvalue weighted by atomic mass is 10.00. The largest absolute Gasteiger partial charge is 0.478 e. The lowest BCUT2D eigenvalue weighted by Crippen LogP contribution is -2.35. The predicted molar refractivity (Wildman–Crippen MR) is 75.3 cm³/mol. The summed E-state index contributed by atoms with van der Waals surface area (Å²) < 4.78 is 0. The first-order valence-corrected chi connectivity index (χ1v) is 7.21. The monoisotopic (exact) mass is 287 g/mol. The van der Waals surface area contributed by atoms with E-state index < -0.39 is 5.97 Å². The molecule has 1 aliphatic heterocycles. The fourth-order valence-electron chi connectivity index (χ4n) is 3.10. The van der Waals surface area contributed by atoms with E-state index in [-0.39, 0.29) is 28.4 Å². The number of aromatic carboxylic acids is 1. The number of amides is 2. The van der Waals surface area contributed by atoms with Crippen LogP contribution in [0, 0.1) is 5.41 Å². The number of fused-ring (bicyclic) bond motifs is 1. The average molecular weight is 287 g/mol. The summed E-state index contributed by atoms with van der Waals surface area (Å²) in [6.45, 7) is 2.55. The number of carboxylic acid groups (broad SMARTS) is 1. The lowest BCUT2D eigenvalue weighted by Gasteiger charge is -2.21. The van der Waals surface area contributed by atoms with E-state index in [1.165, 1.54) is 23.1 Å². The van der Waals surface area contributed by atoms with Crippen molar-refractivity contribution in [2.24, 2.45) is 5.41 Å². The topological polar surface area (TPSA) is 74.7 Å². The van der Waals surface area contributed by atoms with Gasteiger partial charge in [0.1, 0.15) is 0 Å². The maximum Gasteiger partial charge on any atom is 0.335 e. The van der Waals surface area contributed by atoms with Crippen LogP contribution in [-0.2, 0) is 0 Å². The maximum absolute atomic E-state index is 12.4. The van der Waals surface area contributed by atoms with Crippen molar-refractivity contribution in [2.75, 3.05) is 6.54 Å². The second-order valence-electron chi connectivity index (χ2n) is 6.01. The Balaban J connectivity index is 1.88. The first kappa shape index (κ1) is 13.8. The third-order valence-corrected chi connectivity index (χ3v) is 4.45. The first-order chi connectivity index (χ1) is 9.97. The molecular formula is C16H17NO4. The zero-order valence-corrected chi connectivity index (χ0v) is 11.9. The Hall–Kier alpha value is -2.17. The van der Waals surface area contributed by atoms with Crippen LogP contribution in [0.3, 0.4) is 0 Å². The van der Waals surface area contributed by atoms with Crippen LogP contribution < -0.4 is 0 Å². The number of imide groups is 1. The van der Waals surface area contributed by atoms with Crippen molar-refractivity contribution < 1.29 is 19.5 Å². The van der Waals surface area contributed by atoms with Crippen molar-refractivity contribution in [3.05, 3.63) is 34.9 Å². The Labute approximate surface area is 122 Å². The van der Waals surface area contributed by atoms with Gasteiger partial charge in [-0.25, -0.2) is 4.79 Å². The van der Waals surface area contributed by atoms with Crippen molar-refractivity contribution >= 4 is 17.8 Å². The minimum Gasteiger partial charge on any atom is -0.478 e. The molecule has 2 amide bonds. The summed E-state index contributed by atoms with van der Waals surface area (Å²) in [5.41, 5.74) is 0.661. The number of rotatable bonds is 5. The number of carboxylic acids is 1. The van der Waals surface area contributed by atoms with Crippen LogP contribution in [0.1, 0.15) is 63.7 Å². The molecule has 0 bridgehead atoms. The Kier molecular flexibility index (Phi) is 3.08. The zero-order valence-electron chi connectivity index (χ0n) is 11.9. The summed E-state index contributed by atoms with van der Waals surface area (Å²) >= 11 is 0. The molecule has 0 spiro atoms. The molecule has 1 heterocycles. The Morgan fingerprint density at radius 1 is 1.24 bits per heavy atom. The molecule has 1 aliphatic carbocycles. The molecule has 0 atom stereocenters. The smallest absolute Gasteiger partial charge is 0.335 e. The minimum absolute atomic E-state index is 0.0337.